The standard InChI is InChI=1S/C26H34N4O2S3/c1-26(2,3)19-10-12-30(13-11-19)17-20-16-27-25(34-20)21-15-18-7-5-8-22(24(18)28-21)29(4)35(31,32)23-9-6-14-33-23/h5-9,14,16,19,21,28H,10-13,15,17H2,1-4H3. The normalized spacial score (nSPS) is 19.5. The molecule has 188 valence electrons. The van der Waals surface area contributed by atoms with E-state index in [-0.39, 0.29) is 6.04 Å². The van der Waals surface area contributed by atoms with Gasteiger partial charge < -0.3 is 5.32 Å². The Hall–Kier alpha value is -1.94. The quantitative estimate of drug-likeness (QED) is 0.424. The Morgan fingerprint density at radius 1 is 1.17 bits per heavy atom. The second-order valence-electron chi connectivity index (χ2n) is 10.7. The fraction of sp³-hybridized carbons (Fsp3) is 0.500. The Kier molecular flexibility index (Phi) is 6.72. The van der Waals surface area contributed by atoms with Gasteiger partial charge in [-0.1, -0.05) is 39.0 Å². The zero-order chi connectivity index (χ0) is 24.8. The van der Waals surface area contributed by atoms with Crippen LogP contribution in [0.4, 0.5) is 11.4 Å². The first-order chi connectivity index (χ1) is 16.6. The topological polar surface area (TPSA) is 65.5 Å². The fourth-order valence-corrected chi connectivity index (χ4v) is 8.57. The van der Waals surface area contributed by atoms with Crippen LogP contribution >= 0.6 is 22.7 Å². The molecule has 0 amide bonds. The summed E-state index contributed by atoms with van der Waals surface area (Å²) in [5.74, 6) is 0.799. The van der Waals surface area contributed by atoms with E-state index >= 15 is 0 Å². The molecule has 5 rings (SSSR count). The van der Waals surface area contributed by atoms with Crippen LogP contribution in [-0.4, -0.2) is 38.4 Å². The summed E-state index contributed by atoms with van der Waals surface area (Å²) in [5.41, 5.74) is 3.09. The van der Waals surface area contributed by atoms with E-state index in [0.29, 0.717) is 15.3 Å². The molecule has 1 unspecified atom stereocenters. The molecule has 0 spiro atoms. The molecular weight excluding hydrogens is 497 g/mol. The molecule has 9 heteroatoms. The maximum Gasteiger partial charge on any atom is 0.273 e. The molecule has 1 N–H and O–H groups in total. The lowest BCUT2D eigenvalue weighted by molar-refractivity contribution is 0.108. The molecule has 0 aliphatic carbocycles. The molecular formula is C26H34N4O2S3. The predicted molar refractivity (Wildman–Crippen MR) is 146 cm³/mol. The van der Waals surface area contributed by atoms with E-state index in [1.165, 1.54) is 33.4 Å². The number of thiophene rings is 1. The van der Waals surface area contributed by atoms with Crippen molar-refractivity contribution >= 4 is 44.1 Å². The van der Waals surface area contributed by atoms with Crippen molar-refractivity contribution in [2.24, 2.45) is 11.3 Å². The van der Waals surface area contributed by atoms with Crippen LogP contribution in [0.2, 0.25) is 0 Å². The van der Waals surface area contributed by atoms with Crippen LogP contribution in [-0.2, 0) is 23.0 Å². The molecule has 1 fully saturated rings. The molecule has 1 aromatic carbocycles. The number of aromatic nitrogens is 1. The van der Waals surface area contributed by atoms with Gasteiger partial charge in [-0.3, -0.25) is 9.21 Å². The maximum atomic E-state index is 13.1. The van der Waals surface area contributed by atoms with E-state index in [2.05, 4.69) is 37.1 Å². The minimum Gasteiger partial charge on any atom is -0.374 e. The Bertz CT molecular complexity index is 1270. The number of para-hydroxylation sites is 1. The molecule has 2 aliphatic rings. The number of rotatable bonds is 6. The Morgan fingerprint density at radius 2 is 1.94 bits per heavy atom. The van der Waals surface area contributed by atoms with Crippen LogP contribution < -0.4 is 9.62 Å². The highest BCUT2D eigenvalue weighted by Gasteiger charge is 2.32. The molecule has 4 heterocycles. The molecule has 6 nitrogen and oxygen atoms in total. The number of hydrogen-bond donors (Lipinski definition) is 1. The molecule has 1 atom stereocenters. The van der Waals surface area contributed by atoms with Gasteiger partial charge in [-0.2, -0.15) is 0 Å². The van der Waals surface area contributed by atoms with Crippen LogP contribution in [0.5, 0.6) is 0 Å². The minimum atomic E-state index is -3.58. The van der Waals surface area contributed by atoms with Gasteiger partial charge in [-0.15, -0.1) is 22.7 Å². The molecule has 2 aliphatic heterocycles. The van der Waals surface area contributed by atoms with Crippen LogP contribution in [0.1, 0.15) is 55.1 Å². The molecule has 0 radical (unpaired) electrons. The summed E-state index contributed by atoms with van der Waals surface area (Å²) < 4.78 is 28.0. The molecule has 2 aromatic heterocycles. The van der Waals surface area contributed by atoms with Crippen molar-refractivity contribution in [3.63, 3.8) is 0 Å². The summed E-state index contributed by atoms with van der Waals surface area (Å²) in [5, 5.41) is 6.44. The van der Waals surface area contributed by atoms with Crippen molar-refractivity contribution in [1.29, 1.82) is 0 Å². The first kappa shape index (κ1) is 24.7. The number of sulfonamides is 1. The molecule has 0 bridgehead atoms. The number of piperidine rings is 1. The van der Waals surface area contributed by atoms with Crippen molar-refractivity contribution in [2.45, 2.75) is 56.8 Å². The van der Waals surface area contributed by atoms with E-state index in [1.807, 2.05) is 18.3 Å². The number of thiazole rings is 1. The van der Waals surface area contributed by atoms with Gasteiger partial charge in [0.2, 0.25) is 0 Å². The number of nitrogens with one attached hydrogen (secondary N) is 1. The van der Waals surface area contributed by atoms with E-state index < -0.39 is 10.0 Å². The summed E-state index contributed by atoms with van der Waals surface area (Å²) in [7, 11) is -1.96. The largest absolute Gasteiger partial charge is 0.374 e. The number of likely N-dealkylation sites (tertiary alicyclic amines) is 1. The summed E-state index contributed by atoms with van der Waals surface area (Å²) >= 11 is 3.01. The zero-order valence-electron chi connectivity index (χ0n) is 20.8. The monoisotopic (exact) mass is 530 g/mol. The maximum absolute atomic E-state index is 13.1. The SMILES string of the molecule is CN(c1cccc2c1NC(c1ncc(CN3CCC(C(C)(C)C)CC3)s1)C2)S(=O)(=O)c1cccs1. The predicted octanol–water partition coefficient (Wildman–Crippen LogP) is 6.00. The third-order valence-corrected chi connectivity index (χ3v) is 11.6. The van der Waals surface area contributed by atoms with E-state index in [9.17, 15) is 8.42 Å². The molecule has 1 saturated heterocycles. The third kappa shape index (κ3) is 5.01. The van der Waals surface area contributed by atoms with Crippen molar-refractivity contribution in [3.8, 4) is 0 Å². The summed E-state index contributed by atoms with van der Waals surface area (Å²) in [4.78, 5) is 8.61. The highest BCUT2D eigenvalue weighted by atomic mass is 32.2. The van der Waals surface area contributed by atoms with Gasteiger partial charge >= 0.3 is 0 Å². The van der Waals surface area contributed by atoms with E-state index in [4.69, 9.17) is 4.98 Å². The highest BCUT2D eigenvalue weighted by Crippen LogP contribution is 2.43. The van der Waals surface area contributed by atoms with Crippen molar-refractivity contribution < 1.29 is 8.42 Å². The van der Waals surface area contributed by atoms with Crippen molar-refractivity contribution in [1.82, 2.24) is 9.88 Å². The van der Waals surface area contributed by atoms with Gasteiger partial charge in [0.15, 0.2) is 0 Å². The third-order valence-electron chi connectivity index (χ3n) is 7.38. The number of fused-ring (bicyclic) bond motifs is 1. The van der Waals surface area contributed by atoms with Gasteiger partial charge in [0, 0.05) is 31.1 Å². The van der Waals surface area contributed by atoms with Gasteiger partial charge in [0.1, 0.15) is 9.22 Å². The van der Waals surface area contributed by atoms with Crippen LogP contribution in [0.15, 0.2) is 46.1 Å². The second kappa shape index (κ2) is 9.50. The Morgan fingerprint density at radius 3 is 2.63 bits per heavy atom. The first-order valence-electron chi connectivity index (χ1n) is 12.2. The Labute approximate surface area is 217 Å². The second-order valence-corrected chi connectivity index (χ2v) is 15.0. The lowest BCUT2D eigenvalue weighted by Crippen LogP contribution is -2.37. The highest BCUT2D eigenvalue weighted by molar-refractivity contribution is 7.94. The van der Waals surface area contributed by atoms with Crippen molar-refractivity contribution in [2.75, 3.05) is 29.8 Å². The average Bonchev–Trinajstić information content (AvgIpc) is 3.58. The summed E-state index contributed by atoms with van der Waals surface area (Å²) in [6.45, 7) is 10.3. The van der Waals surface area contributed by atoms with Crippen LogP contribution in [0.25, 0.3) is 0 Å². The summed E-state index contributed by atoms with van der Waals surface area (Å²) in [6, 6.07) is 9.36. The molecule has 3 aromatic rings. The average molecular weight is 531 g/mol. The fourth-order valence-electron chi connectivity index (χ4n) is 5.19. The first-order valence-corrected chi connectivity index (χ1v) is 15.3. The smallest absolute Gasteiger partial charge is 0.273 e. The Balaban J connectivity index is 1.27. The molecule has 35 heavy (non-hydrogen) atoms. The molecule has 0 saturated carbocycles. The van der Waals surface area contributed by atoms with Gasteiger partial charge in [-0.05, 0) is 60.3 Å². The summed E-state index contributed by atoms with van der Waals surface area (Å²) in [6.07, 6.45) is 5.35. The van der Waals surface area contributed by atoms with E-state index in [1.54, 1.807) is 35.9 Å². The number of anilines is 2. The number of hydrogen-bond acceptors (Lipinski definition) is 7. The lowest BCUT2D eigenvalue weighted by atomic mass is 9.75. The minimum absolute atomic E-state index is 0.0642. The van der Waals surface area contributed by atoms with Crippen LogP contribution in [0, 0.1) is 11.3 Å². The van der Waals surface area contributed by atoms with Crippen LogP contribution in [0.3, 0.4) is 0 Å². The number of nitrogens with zero attached hydrogens (tertiary/aromatic N) is 3. The number of benzene rings is 1. The van der Waals surface area contributed by atoms with Gasteiger partial charge in [0.25, 0.3) is 10.0 Å². The van der Waals surface area contributed by atoms with Gasteiger partial charge in [-0.25, -0.2) is 13.4 Å². The van der Waals surface area contributed by atoms with Crippen molar-refractivity contribution in [3.05, 3.63) is 57.4 Å². The zero-order valence-corrected chi connectivity index (χ0v) is 23.3. The van der Waals surface area contributed by atoms with Gasteiger partial charge in [0.05, 0.1) is 17.4 Å². The van der Waals surface area contributed by atoms with E-state index in [0.717, 1.165) is 48.2 Å². The lowest BCUT2D eigenvalue weighted by Gasteiger charge is -2.38.